The SMILES string of the molecule is N#CCO/C=C(\C#N)OC=O. The summed E-state index contributed by atoms with van der Waals surface area (Å²) in [5.74, 6) is -0.282. The van der Waals surface area contributed by atoms with Crippen molar-refractivity contribution >= 4 is 6.47 Å². The smallest absolute Gasteiger partial charge is 0.299 e. The molecule has 56 valence electrons. The lowest BCUT2D eigenvalue weighted by Crippen LogP contribution is -1.89. The second kappa shape index (κ2) is 6.12. The molecule has 0 amide bonds. The molecule has 0 saturated heterocycles. The van der Waals surface area contributed by atoms with E-state index in [-0.39, 0.29) is 18.8 Å². The number of allylic oxidation sites excluding steroid dienone is 1. The monoisotopic (exact) mass is 152 g/mol. The molecular formula is C6H4N2O3. The quantitative estimate of drug-likeness (QED) is 0.246. The number of nitriles is 2. The van der Waals surface area contributed by atoms with Gasteiger partial charge in [-0.15, -0.1) is 0 Å². The van der Waals surface area contributed by atoms with Crippen LogP contribution in [0.5, 0.6) is 0 Å². The summed E-state index contributed by atoms with van der Waals surface area (Å²) in [6.07, 6.45) is 0.900. The van der Waals surface area contributed by atoms with Gasteiger partial charge in [0.05, 0.1) is 0 Å². The Morgan fingerprint density at radius 1 is 1.55 bits per heavy atom. The summed E-state index contributed by atoms with van der Waals surface area (Å²) >= 11 is 0. The zero-order valence-corrected chi connectivity index (χ0v) is 5.48. The molecule has 0 aliphatic rings. The Balaban J connectivity index is 3.85. The molecule has 0 bridgehead atoms. The van der Waals surface area contributed by atoms with Crippen LogP contribution in [0.4, 0.5) is 0 Å². The Labute approximate surface area is 63.0 Å². The third kappa shape index (κ3) is 4.49. The summed E-state index contributed by atoms with van der Waals surface area (Å²) in [4.78, 5) is 9.67. The highest BCUT2D eigenvalue weighted by Gasteiger charge is 1.93. The topological polar surface area (TPSA) is 83.1 Å². The Hall–Kier alpha value is -2.01. The minimum Gasteiger partial charge on any atom is -0.482 e. The van der Waals surface area contributed by atoms with E-state index in [1.165, 1.54) is 6.07 Å². The molecule has 0 heterocycles. The van der Waals surface area contributed by atoms with Crippen LogP contribution in [0, 0.1) is 22.7 Å². The predicted octanol–water partition coefficient (Wildman–Crippen LogP) is 0.0646. The van der Waals surface area contributed by atoms with E-state index in [1.54, 1.807) is 6.07 Å². The van der Waals surface area contributed by atoms with Gasteiger partial charge in [-0.05, 0) is 0 Å². The molecule has 0 aromatic carbocycles. The zero-order chi connectivity index (χ0) is 8.53. The standard InChI is InChI=1S/C6H4N2O3/c7-1-2-10-4-6(3-8)11-5-9/h4-5H,2H2/b6-4+. The minimum absolute atomic E-state index is 0.102. The lowest BCUT2D eigenvalue weighted by atomic mass is 10.6. The van der Waals surface area contributed by atoms with Crippen LogP contribution < -0.4 is 0 Å². The van der Waals surface area contributed by atoms with E-state index >= 15 is 0 Å². The van der Waals surface area contributed by atoms with Crippen molar-refractivity contribution in [3.05, 3.63) is 12.0 Å². The summed E-state index contributed by atoms with van der Waals surface area (Å²) in [5.41, 5.74) is 0. The van der Waals surface area contributed by atoms with Gasteiger partial charge in [0.15, 0.2) is 6.61 Å². The van der Waals surface area contributed by atoms with Gasteiger partial charge in [-0.3, -0.25) is 4.79 Å². The van der Waals surface area contributed by atoms with Crippen molar-refractivity contribution in [1.82, 2.24) is 0 Å². The molecular weight excluding hydrogens is 148 g/mol. The highest BCUT2D eigenvalue weighted by Crippen LogP contribution is 1.92. The molecule has 0 fully saturated rings. The largest absolute Gasteiger partial charge is 0.482 e. The first-order chi connectivity index (χ1) is 5.35. The summed E-state index contributed by atoms with van der Waals surface area (Å²) < 4.78 is 8.58. The van der Waals surface area contributed by atoms with Crippen LogP contribution in [0.3, 0.4) is 0 Å². The molecule has 0 rings (SSSR count). The van der Waals surface area contributed by atoms with Crippen molar-refractivity contribution in [2.45, 2.75) is 0 Å². The summed E-state index contributed by atoms with van der Waals surface area (Å²) in [7, 11) is 0. The average Bonchev–Trinajstić information content (AvgIpc) is 2.03. The molecule has 0 N–H and O–H groups in total. The number of hydrogen-bond acceptors (Lipinski definition) is 5. The van der Waals surface area contributed by atoms with E-state index < -0.39 is 0 Å². The van der Waals surface area contributed by atoms with E-state index in [0.717, 1.165) is 6.26 Å². The summed E-state index contributed by atoms with van der Waals surface area (Å²) in [5, 5.41) is 16.2. The van der Waals surface area contributed by atoms with Crippen molar-refractivity contribution in [3.63, 3.8) is 0 Å². The van der Waals surface area contributed by atoms with Crippen LogP contribution in [0.15, 0.2) is 12.0 Å². The van der Waals surface area contributed by atoms with Crippen molar-refractivity contribution in [3.8, 4) is 12.1 Å². The minimum atomic E-state index is -0.282. The van der Waals surface area contributed by atoms with Gasteiger partial charge in [0.25, 0.3) is 6.47 Å². The van der Waals surface area contributed by atoms with Gasteiger partial charge in [-0.2, -0.15) is 10.5 Å². The maximum atomic E-state index is 9.67. The third-order valence-corrected chi connectivity index (χ3v) is 0.624. The van der Waals surface area contributed by atoms with Crippen molar-refractivity contribution in [2.75, 3.05) is 6.61 Å². The van der Waals surface area contributed by atoms with E-state index in [4.69, 9.17) is 10.5 Å². The summed E-state index contributed by atoms with van der Waals surface area (Å²) in [6.45, 7) is -0.0851. The fraction of sp³-hybridized carbons (Fsp3) is 0.167. The molecule has 0 radical (unpaired) electrons. The van der Waals surface area contributed by atoms with Crippen LogP contribution in [0.1, 0.15) is 0 Å². The van der Waals surface area contributed by atoms with Crippen LogP contribution in [-0.2, 0) is 14.3 Å². The second-order valence-electron chi connectivity index (χ2n) is 1.28. The number of carbonyl (C=O) groups is 1. The molecule has 0 aliphatic heterocycles. The molecule has 0 aromatic heterocycles. The number of nitrogens with zero attached hydrogens (tertiary/aromatic N) is 2. The summed E-state index contributed by atoms with van der Waals surface area (Å²) in [6, 6.07) is 3.20. The van der Waals surface area contributed by atoms with Gasteiger partial charge in [-0.25, -0.2) is 0 Å². The molecule has 0 spiro atoms. The molecule has 0 unspecified atom stereocenters. The third-order valence-electron chi connectivity index (χ3n) is 0.624. The maximum absolute atomic E-state index is 9.67. The number of ether oxygens (including phenoxy) is 2. The average molecular weight is 152 g/mol. The van der Waals surface area contributed by atoms with Crippen molar-refractivity contribution in [1.29, 1.82) is 10.5 Å². The van der Waals surface area contributed by atoms with E-state index in [0.29, 0.717) is 0 Å². The molecule has 5 nitrogen and oxygen atoms in total. The molecule has 11 heavy (non-hydrogen) atoms. The maximum Gasteiger partial charge on any atom is 0.299 e. The number of rotatable bonds is 4. The van der Waals surface area contributed by atoms with Gasteiger partial charge in [0.1, 0.15) is 18.4 Å². The lowest BCUT2D eigenvalue weighted by Gasteiger charge is -1.92. The van der Waals surface area contributed by atoms with Crippen LogP contribution in [0.25, 0.3) is 0 Å². The zero-order valence-electron chi connectivity index (χ0n) is 5.48. The van der Waals surface area contributed by atoms with Gasteiger partial charge in [-0.1, -0.05) is 0 Å². The Morgan fingerprint density at radius 3 is 2.73 bits per heavy atom. The van der Waals surface area contributed by atoms with E-state index in [9.17, 15) is 4.79 Å². The highest BCUT2D eigenvalue weighted by atomic mass is 16.5. The van der Waals surface area contributed by atoms with Gasteiger partial charge < -0.3 is 9.47 Å². The Bertz CT molecular complexity index is 233. The van der Waals surface area contributed by atoms with E-state index in [2.05, 4.69) is 9.47 Å². The fourth-order valence-electron chi connectivity index (χ4n) is 0.287. The van der Waals surface area contributed by atoms with Crippen molar-refractivity contribution in [2.24, 2.45) is 0 Å². The second-order valence-corrected chi connectivity index (χ2v) is 1.28. The first-order valence-corrected chi connectivity index (χ1v) is 2.54. The normalized spacial score (nSPS) is 9.09. The lowest BCUT2D eigenvalue weighted by molar-refractivity contribution is -0.124. The number of carbonyl (C=O) groups excluding carboxylic acids is 1. The number of hydrogen-bond donors (Lipinski definition) is 0. The van der Waals surface area contributed by atoms with Crippen LogP contribution in [0.2, 0.25) is 0 Å². The first kappa shape index (κ1) is 8.99. The van der Waals surface area contributed by atoms with Gasteiger partial charge >= 0.3 is 0 Å². The Morgan fingerprint density at radius 2 is 2.27 bits per heavy atom. The Kier molecular flexibility index (Phi) is 5.00. The first-order valence-electron chi connectivity index (χ1n) is 2.54. The molecule has 0 aliphatic carbocycles. The van der Waals surface area contributed by atoms with E-state index in [1.807, 2.05) is 0 Å². The predicted molar refractivity (Wildman–Crippen MR) is 32.4 cm³/mol. The van der Waals surface area contributed by atoms with Gasteiger partial charge in [0, 0.05) is 0 Å². The molecule has 0 atom stereocenters. The van der Waals surface area contributed by atoms with Crippen LogP contribution >= 0.6 is 0 Å². The molecule has 0 aromatic rings. The highest BCUT2D eigenvalue weighted by molar-refractivity contribution is 5.41. The molecule has 0 saturated carbocycles. The fourth-order valence-corrected chi connectivity index (χ4v) is 0.287. The van der Waals surface area contributed by atoms with Crippen molar-refractivity contribution < 1.29 is 14.3 Å². The van der Waals surface area contributed by atoms with Crippen LogP contribution in [-0.4, -0.2) is 13.1 Å². The molecule has 5 heteroatoms. The van der Waals surface area contributed by atoms with Gasteiger partial charge in [0.2, 0.25) is 5.76 Å².